The van der Waals surface area contributed by atoms with Crippen LogP contribution in [0.25, 0.3) is 10.9 Å². The van der Waals surface area contributed by atoms with E-state index in [1.807, 2.05) is 4.90 Å². The van der Waals surface area contributed by atoms with E-state index in [0.717, 1.165) is 19.3 Å². The zero-order valence-electron chi connectivity index (χ0n) is 17.2. The number of hydrogen-bond donors (Lipinski definition) is 3. The zero-order chi connectivity index (χ0) is 21.4. The molecule has 1 aliphatic heterocycles. The average molecular weight is 418 g/mol. The number of rotatable bonds is 5. The number of H-pyrrole nitrogens is 1. The van der Waals surface area contributed by atoms with Crippen LogP contribution in [-0.2, 0) is 0 Å². The van der Waals surface area contributed by atoms with Crippen molar-refractivity contribution in [2.24, 2.45) is 11.7 Å². The van der Waals surface area contributed by atoms with E-state index < -0.39 is 22.7 Å². The Morgan fingerprint density at radius 1 is 1.30 bits per heavy atom. The van der Waals surface area contributed by atoms with Crippen molar-refractivity contribution in [3.05, 3.63) is 32.2 Å². The van der Waals surface area contributed by atoms with Crippen molar-refractivity contribution in [2.75, 3.05) is 25.1 Å². The van der Waals surface area contributed by atoms with E-state index in [4.69, 9.17) is 10.5 Å². The number of nitrogens with two attached hydrogens (primary N) is 1. The molecular weight excluding hydrogens is 391 g/mol. The molecular formula is C21H27FN4O4. The second-order valence-corrected chi connectivity index (χ2v) is 9.03. The first kappa shape index (κ1) is 19.6. The Hall–Kier alpha value is -2.39. The summed E-state index contributed by atoms with van der Waals surface area (Å²) in [6.45, 7) is 2.60. The summed E-state index contributed by atoms with van der Waals surface area (Å²) < 4.78 is 22.8. The SMILES string of the molecule is COc1c(N2CCC(C(N)C3(O)CC3)C2)c(F)c(C)c2c(=O)[nH]c(=O)n(C3CC3)c12. The number of nitrogens with zero attached hydrogens (tertiary/aromatic N) is 2. The van der Waals surface area contributed by atoms with Crippen molar-refractivity contribution in [3.8, 4) is 5.75 Å². The standard InChI is InChI=1S/C21H27FN4O4/c1-10-13-15(26(12-3-4-12)20(28)24-19(13)27)17(30-2)16(14(10)22)25-8-5-11(9-25)18(23)21(29)6-7-21/h11-12,18,29H,3-9,23H2,1-2H3,(H,24,27,28). The van der Waals surface area contributed by atoms with Crippen LogP contribution in [0.1, 0.15) is 43.7 Å². The molecule has 0 radical (unpaired) electrons. The summed E-state index contributed by atoms with van der Waals surface area (Å²) in [5.41, 5.74) is 5.22. The molecule has 2 unspecified atom stereocenters. The number of aliphatic hydroxyl groups is 1. The van der Waals surface area contributed by atoms with E-state index in [9.17, 15) is 14.7 Å². The van der Waals surface area contributed by atoms with Gasteiger partial charge in [-0.25, -0.2) is 9.18 Å². The number of benzene rings is 1. The molecule has 3 fully saturated rings. The number of fused-ring (bicyclic) bond motifs is 1. The number of hydrogen-bond acceptors (Lipinski definition) is 6. The molecule has 2 saturated carbocycles. The molecule has 2 atom stereocenters. The van der Waals surface area contributed by atoms with E-state index in [0.29, 0.717) is 31.4 Å². The first-order valence-electron chi connectivity index (χ1n) is 10.5. The number of anilines is 1. The number of aromatic nitrogens is 2. The number of methoxy groups -OCH3 is 1. The second kappa shape index (κ2) is 6.55. The van der Waals surface area contributed by atoms with Gasteiger partial charge in [-0.2, -0.15) is 0 Å². The topological polar surface area (TPSA) is 114 Å². The monoisotopic (exact) mass is 418 g/mol. The molecule has 5 rings (SSSR count). The van der Waals surface area contributed by atoms with Gasteiger partial charge in [0.2, 0.25) is 0 Å². The zero-order valence-corrected chi connectivity index (χ0v) is 17.2. The van der Waals surface area contributed by atoms with E-state index in [1.165, 1.54) is 11.7 Å². The minimum absolute atomic E-state index is 0.0210. The third-order valence-electron chi connectivity index (χ3n) is 7.03. The summed E-state index contributed by atoms with van der Waals surface area (Å²) in [5, 5.41) is 10.6. The van der Waals surface area contributed by atoms with Gasteiger partial charge < -0.3 is 20.5 Å². The van der Waals surface area contributed by atoms with Gasteiger partial charge in [0.05, 0.1) is 18.1 Å². The van der Waals surface area contributed by atoms with E-state index in [-0.39, 0.29) is 40.4 Å². The van der Waals surface area contributed by atoms with Gasteiger partial charge in [0.15, 0.2) is 11.6 Å². The highest BCUT2D eigenvalue weighted by Gasteiger charge is 2.50. The van der Waals surface area contributed by atoms with Gasteiger partial charge in [-0.05, 0) is 44.9 Å². The van der Waals surface area contributed by atoms with Crippen LogP contribution < -0.4 is 26.6 Å². The number of nitrogens with one attached hydrogen (secondary N) is 1. The molecule has 1 aromatic carbocycles. The Morgan fingerprint density at radius 2 is 2.00 bits per heavy atom. The van der Waals surface area contributed by atoms with Crippen molar-refractivity contribution in [1.82, 2.24) is 9.55 Å². The molecule has 0 amide bonds. The number of aromatic amines is 1. The fourth-order valence-corrected chi connectivity index (χ4v) is 4.96. The third-order valence-corrected chi connectivity index (χ3v) is 7.03. The molecule has 1 saturated heterocycles. The van der Waals surface area contributed by atoms with Crippen molar-refractivity contribution < 1.29 is 14.2 Å². The average Bonchev–Trinajstić information content (AvgIpc) is 3.63. The maximum Gasteiger partial charge on any atom is 0.329 e. The maximum atomic E-state index is 15.6. The Bertz CT molecular complexity index is 1150. The number of ether oxygens (including phenoxy) is 1. The fraction of sp³-hybridized carbons (Fsp3) is 0.619. The maximum absolute atomic E-state index is 15.6. The summed E-state index contributed by atoms with van der Waals surface area (Å²) in [6.07, 6.45) is 3.79. The molecule has 2 heterocycles. The van der Waals surface area contributed by atoms with E-state index in [1.54, 1.807) is 6.92 Å². The molecule has 4 N–H and O–H groups in total. The summed E-state index contributed by atoms with van der Waals surface area (Å²) in [5.74, 6) is -0.282. The lowest BCUT2D eigenvalue weighted by Gasteiger charge is -2.27. The lowest BCUT2D eigenvalue weighted by atomic mass is 9.93. The van der Waals surface area contributed by atoms with E-state index >= 15 is 4.39 Å². The predicted octanol–water partition coefficient (Wildman–Crippen LogP) is 1.16. The highest BCUT2D eigenvalue weighted by molar-refractivity contribution is 5.93. The van der Waals surface area contributed by atoms with Crippen molar-refractivity contribution >= 4 is 16.6 Å². The van der Waals surface area contributed by atoms with Crippen LogP contribution in [-0.4, -0.2) is 46.5 Å². The Balaban J connectivity index is 1.68. The minimum Gasteiger partial charge on any atom is -0.492 e. The normalized spacial score (nSPS) is 23.8. The van der Waals surface area contributed by atoms with Crippen molar-refractivity contribution in [1.29, 1.82) is 0 Å². The molecule has 0 bridgehead atoms. The smallest absolute Gasteiger partial charge is 0.329 e. The molecule has 162 valence electrons. The van der Waals surface area contributed by atoms with Gasteiger partial charge in [0, 0.05) is 30.7 Å². The number of aryl methyl sites for hydroxylation is 1. The van der Waals surface area contributed by atoms with Crippen LogP contribution >= 0.6 is 0 Å². The lowest BCUT2D eigenvalue weighted by molar-refractivity contribution is 0.0968. The predicted molar refractivity (Wildman–Crippen MR) is 111 cm³/mol. The number of halogens is 1. The highest BCUT2D eigenvalue weighted by atomic mass is 19.1. The van der Waals surface area contributed by atoms with Gasteiger partial charge >= 0.3 is 5.69 Å². The molecule has 30 heavy (non-hydrogen) atoms. The second-order valence-electron chi connectivity index (χ2n) is 9.03. The van der Waals surface area contributed by atoms with Gasteiger partial charge in [-0.3, -0.25) is 14.3 Å². The van der Waals surface area contributed by atoms with Crippen LogP contribution in [0.3, 0.4) is 0 Å². The molecule has 0 spiro atoms. The summed E-state index contributed by atoms with van der Waals surface area (Å²) in [6, 6.07) is -0.377. The van der Waals surface area contributed by atoms with Crippen LogP contribution in [0, 0.1) is 18.7 Å². The quantitative estimate of drug-likeness (QED) is 0.672. The highest BCUT2D eigenvalue weighted by Crippen LogP contribution is 2.46. The molecule has 3 aliphatic rings. The van der Waals surface area contributed by atoms with E-state index in [2.05, 4.69) is 4.98 Å². The molecule has 9 heteroatoms. The minimum atomic E-state index is -0.803. The van der Waals surface area contributed by atoms with Crippen LogP contribution in [0.4, 0.5) is 10.1 Å². The summed E-state index contributed by atoms with van der Waals surface area (Å²) >= 11 is 0. The Kier molecular flexibility index (Phi) is 4.27. The van der Waals surface area contributed by atoms with Crippen molar-refractivity contribution in [3.63, 3.8) is 0 Å². The third kappa shape index (κ3) is 2.79. The molecule has 8 nitrogen and oxygen atoms in total. The van der Waals surface area contributed by atoms with Crippen molar-refractivity contribution in [2.45, 2.75) is 56.7 Å². The molecule has 2 aliphatic carbocycles. The lowest BCUT2D eigenvalue weighted by Crippen LogP contribution is -2.44. The molecule has 1 aromatic heterocycles. The fourth-order valence-electron chi connectivity index (χ4n) is 4.96. The Morgan fingerprint density at radius 3 is 2.60 bits per heavy atom. The summed E-state index contributed by atoms with van der Waals surface area (Å²) in [4.78, 5) is 29.4. The van der Waals surface area contributed by atoms with Gasteiger partial charge in [-0.15, -0.1) is 0 Å². The Labute approximate surface area is 172 Å². The summed E-state index contributed by atoms with van der Waals surface area (Å²) in [7, 11) is 1.43. The van der Waals surface area contributed by atoms with Crippen LogP contribution in [0.2, 0.25) is 0 Å². The van der Waals surface area contributed by atoms with Gasteiger partial charge in [0.1, 0.15) is 11.2 Å². The van der Waals surface area contributed by atoms with Gasteiger partial charge in [-0.1, -0.05) is 0 Å². The largest absolute Gasteiger partial charge is 0.492 e. The first-order valence-corrected chi connectivity index (χ1v) is 10.5. The van der Waals surface area contributed by atoms with Gasteiger partial charge in [0.25, 0.3) is 5.56 Å². The molecule has 2 aromatic rings. The first-order chi connectivity index (χ1) is 14.3. The van der Waals surface area contributed by atoms with Crippen LogP contribution in [0.15, 0.2) is 9.59 Å². The van der Waals surface area contributed by atoms with Crippen LogP contribution in [0.5, 0.6) is 5.75 Å².